The Hall–Kier alpha value is -3.82. The lowest BCUT2D eigenvalue weighted by Gasteiger charge is -2.07. The van der Waals surface area contributed by atoms with Gasteiger partial charge in [0.2, 0.25) is 0 Å². The van der Waals surface area contributed by atoms with E-state index < -0.39 is 11.6 Å². The Morgan fingerprint density at radius 3 is 2.86 bits per heavy atom. The lowest BCUT2D eigenvalue weighted by atomic mass is 10.2. The summed E-state index contributed by atoms with van der Waals surface area (Å²) in [7, 11) is 0. The monoisotopic (exact) mass is 381 g/mol. The number of nitrogen functional groups attached to an aromatic ring is 1. The molecule has 0 unspecified atom stereocenters. The van der Waals surface area contributed by atoms with Gasteiger partial charge >= 0.3 is 0 Å². The van der Waals surface area contributed by atoms with Crippen LogP contribution < -0.4 is 10.5 Å². The number of rotatable bonds is 2. The molecule has 5 rings (SSSR count). The fourth-order valence-corrected chi connectivity index (χ4v) is 3.15. The Balaban J connectivity index is 1.64. The number of fused-ring (bicyclic) bond motifs is 3. The maximum Gasteiger partial charge on any atom is 0.183 e. The van der Waals surface area contributed by atoms with Gasteiger partial charge in [0.25, 0.3) is 0 Å². The Bertz CT molecular complexity index is 1200. The predicted octanol–water partition coefficient (Wildman–Crippen LogP) is 2.45. The Morgan fingerprint density at radius 2 is 2.00 bits per heavy atom. The molecule has 140 valence electrons. The number of hydrogen-bond donors (Lipinski definition) is 1. The minimum Gasteiger partial charge on any atom is -0.491 e. The number of nitrogens with two attached hydrogens (primary N) is 1. The lowest BCUT2D eigenvalue weighted by Crippen LogP contribution is -2.05. The molecule has 1 aromatic carbocycles. The van der Waals surface area contributed by atoms with Gasteiger partial charge in [-0.1, -0.05) is 0 Å². The van der Waals surface area contributed by atoms with Crippen LogP contribution in [0.1, 0.15) is 0 Å². The van der Waals surface area contributed by atoms with Gasteiger partial charge in [-0.15, -0.1) is 0 Å². The molecule has 28 heavy (non-hydrogen) atoms. The highest BCUT2D eigenvalue weighted by Crippen LogP contribution is 2.34. The largest absolute Gasteiger partial charge is 0.491 e. The summed E-state index contributed by atoms with van der Waals surface area (Å²) in [5.74, 6) is 0.493. The maximum atomic E-state index is 14.2. The second kappa shape index (κ2) is 6.12. The lowest BCUT2D eigenvalue weighted by molar-refractivity contribution is 0.306. The molecular weight excluding hydrogens is 368 g/mol. The van der Waals surface area contributed by atoms with Crippen molar-refractivity contribution in [3.05, 3.63) is 54.6 Å². The quantitative estimate of drug-likeness (QED) is 0.573. The highest BCUT2D eigenvalue weighted by molar-refractivity contribution is 5.69. The number of halogens is 2. The topological polar surface area (TPSA) is 96.7 Å². The summed E-state index contributed by atoms with van der Waals surface area (Å²) < 4.78 is 36.4. The number of ether oxygens (including phenoxy) is 1. The minimum absolute atomic E-state index is 0.0790. The molecule has 4 heterocycles. The molecule has 4 aromatic rings. The third-order valence-electron chi connectivity index (χ3n) is 4.41. The Labute approximate surface area is 157 Å². The van der Waals surface area contributed by atoms with Crippen LogP contribution >= 0.6 is 0 Å². The summed E-state index contributed by atoms with van der Waals surface area (Å²) in [4.78, 5) is 13.0. The molecule has 0 spiro atoms. The van der Waals surface area contributed by atoms with E-state index in [0.717, 1.165) is 12.1 Å². The second-order valence-corrected chi connectivity index (χ2v) is 6.19. The smallest absolute Gasteiger partial charge is 0.183 e. The first kappa shape index (κ1) is 16.4. The van der Waals surface area contributed by atoms with Crippen LogP contribution in [0.3, 0.4) is 0 Å². The van der Waals surface area contributed by atoms with Crippen molar-refractivity contribution < 1.29 is 13.5 Å². The highest BCUT2D eigenvalue weighted by Gasteiger charge is 2.22. The SMILES string of the molecule is Nc1cc2c(cn1)-c1nc(-c3ncnn3-c3ccc(F)cc3F)cn1CCO2. The average molecular weight is 381 g/mol. The van der Waals surface area contributed by atoms with Crippen molar-refractivity contribution in [1.29, 1.82) is 0 Å². The zero-order valence-corrected chi connectivity index (χ0v) is 14.4. The van der Waals surface area contributed by atoms with Crippen LogP contribution in [-0.4, -0.2) is 35.9 Å². The number of imidazole rings is 1. The first-order valence-electron chi connectivity index (χ1n) is 8.42. The highest BCUT2D eigenvalue weighted by atomic mass is 19.1. The van der Waals surface area contributed by atoms with Gasteiger partial charge in [0.15, 0.2) is 11.6 Å². The van der Waals surface area contributed by atoms with Crippen LogP contribution in [0.5, 0.6) is 5.75 Å². The standard InChI is InChI=1S/C18H13F2N7O/c19-10-1-2-14(12(20)5-10)27-18(23-9-24-27)13-8-26-3-4-28-15-6-16(21)22-7-11(15)17(26)25-13/h1-2,5-9H,3-4H2,(H2,21,22). The molecule has 0 amide bonds. The van der Waals surface area contributed by atoms with Crippen LogP contribution in [0.2, 0.25) is 0 Å². The Morgan fingerprint density at radius 1 is 1.11 bits per heavy atom. The number of aromatic nitrogens is 6. The van der Waals surface area contributed by atoms with Gasteiger partial charge in [0.05, 0.1) is 12.1 Å². The van der Waals surface area contributed by atoms with Gasteiger partial charge in [-0.25, -0.2) is 28.4 Å². The van der Waals surface area contributed by atoms with E-state index in [-0.39, 0.29) is 5.69 Å². The van der Waals surface area contributed by atoms with Gasteiger partial charge < -0.3 is 15.0 Å². The summed E-state index contributed by atoms with van der Waals surface area (Å²) in [6.45, 7) is 0.981. The summed E-state index contributed by atoms with van der Waals surface area (Å²) in [5.41, 5.74) is 7.00. The Kier molecular flexibility index (Phi) is 3.57. The van der Waals surface area contributed by atoms with Crippen molar-refractivity contribution >= 4 is 5.82 Å². The third kappa shape index (κ3) is 2.57. The summed E-state index contributed by atoms with van der Waals surface area (Å²) >= 11 is 0. The molecule has 8 nitrogen and oxygen atoms in total. The van der Waals surface area contributed by atoms with Crippen molar-refractivity contribution in [2.75, 3.05) is 12.3 Å². The molecule has 0 aliphatic carbocycles. The fraction of sp³-hybridized carbons (Fsp3) is 0.111. The zero-order chi connectivity index (χ0) is 19.3. The molecular formula is C18H13F2N7O. The van der Waals surface area contributed by atoms with Crippen molar-refractivity contribution in [3.8, 4) is 34.3 Å². The minimum atomic E-state index is -0.744. The predicted molar refractivity (Wildman–Crippen MR) is 95.6 cm³/mol. The zero-order valence-electron chi connectivity index (χ0n) is 14.4. The van der Waals surface area contributed by atoms with E-state index in [9.17, 15) is 8.78 Å². The normalized spacial score (nSPS) is 12.8. The molecule has 0 atom stereocenters. The van der Waals surface area contributed by atoms with E-state index in [2.05, 4.69) is 20.1 Å². The number of nitrogens with zero attached hydrogens (tertiary/aromatic N) is 6. The van der Waals surface area contributed by atoms with E-state index in [0.29, 0.717) is 47.6 Å². The molecule has 0 saturated heterocycles. The molecule has 3 aromatic heterocycles. The van der Waals surface area contributed by atoms with E-state index in [1.54, 1.807) is 18.5 Å². The number of anilines is 1. The van der Waals surface area contributed by atoms with E-state index in [1.807, 2.05) is 4.57 Å². The fourth-order valence-electron chi connectivity index (χ4n) is 3.15. The number of benzene rings is 1. The van der Waals surface area contributed by atoms with Gasteiger partial charge in [0, 0.05) is 24.5 Å². The number of hydrogen-bond acceptors (Lipinski definition) is 6. The molecule has 0 radical (unpaired) electrons. The number of pyridine rings is 1. The van der Waals surface area contributed by atoms with Crippen LogP contribution in [0.15, 0.2) is 43.0 Å². The summed E-state index contributed by atoms with van der Waals surface area (Å²) in [6.07, 6.45) is 4.68. The van der Waals surface area contributed by atoms with E-state index in [1.165, 1.54) is 17.1 Å². The molecule has 10 heteroatoms. The van der Waals surface area contributed by atoms with Crippen molar-refractivity contribution in [2.45, 2.75) is 6.54 Å². The summed E-state index contributed by atoms with van der Waals surface area (Å²) in [5, 5.41) is 4.07. The first-order chi connectivity index (χ1) is 13.6. The first-order valence-corrected chi connectivity index (χ1v) is 8.42. The van der Waals surface area contributed by atoms with Crippen molar-refractivity contribution in [1.82, 2.24) is 29.3 Å². The second-order valence-electron chi connectivity index (χ2n) is 6.19. The van der Waals surface area contributed by atoms with Crippen LogP contribution in [0.4, 0.5) is 14.6 Å². The maximum absolute atomic E-state index is 14.2. The molecule has 0 bridgehead atoms. The third-order valence-corrected chi connectivity index (χ3v) is 4.41. The van der Waals surface area contributed by atoms with Crippen molar-refractivity contribution in [2.24, 2.45) is 0 Å². The molecule has 1 aliphatic heterocycles. The van der Waals surface area contributed by atoms with Crippen LogP contribution in [-0.2, 0) is 6.54 Å². The van der Waals surface area contributed by atoms with Crippen molar-refractivity contribution in [3.63, 3.8) is 0 Å². The van der Waals surface area contributed by atoms with E-state index >= 15 is 0 Å². The molecule has 2 N–H and O–H groups in total. The molecule has 1 aliphatic rings. The van der Waals surface area contributed by atoms with E-state index in [4.69, 9.17) is 10.5 Å². The van der Waals surface area contributed by atoms with Crippen LogP contribution in [0, 0.1) is 11.6 Å². The van der Waals surface area contributed by atoms with Crippen LogP contribution in [0.25, 0.3) is 28.6 Å². The molecule has 0 fully saturated rings. The van der Waals surface area contributed by atoms with Gasteiger partial charge in [-0.05, 0) is 12.1 Å². The summed E-state index contributed by atoms with van der Waals surface area (Å²) in [6, 6.07) is 4.91. The molecule has 0 saturated carbocycles. The average Bonchev–Trinajstić information content (AvgIpc) is 3.26. The van der Waals surface area contributed by atoms with Gasteiger partial charge in [0.1, 0.15) is 47.5 Å². The van der Waals surface area contributed by atoms with Gasteiger partial charge in [-0.3, -0.25) is 0 Å². The van der Waals surface area contributed by atoms with Gasteiger partial charge in [-0.2, -0.15) is 5.10 Å².